The Morgan fingerprint density at radius 2 is 2.06 bits per heavy atom. The van der Waals surface area contributed by atoms with Crippen LogP contribution in [0, 0.1) is 5.95 Å². The first-order valence-corrected chi connectivity index (χ1v) is 6.17. The van der Waals surface area contributed by atoms with E-state index in [4.69, 9.17) is 4.74 Å². The monoisotopic (exact) mass is 243 g/mol. The molecule has 0 spiro atoms. The highest BCUT2D eigenvalue weighted by Gasteiger charge is 2.11. The molecule has 1 aromatic heterocycles. The minimum absolute atomic E-state index is 0.206. The van der Waals surface area contributed by atoms with E-state index < -0.39 is 5.95 Å². The minimum atomic E-state index is -0.557. The summed E-state index contributed by atoms with van der Waals surface area (Å²) in [5.41, 5.74) is 3.92. The Morgan fingerprint density at radius 3 is 2.94 bits per heavy atom. The maximum Gasteiger partial charge on any atom is 0.255 e. The van der Waals surface area contributed by atoms with E-state index in [-0.39, 0.29) is 5.75 Å². The Bertz CT molecular complexity index is 568. The summed E-state index contributed by atoms with van der Waals surface area (Å²) < 4.78 is 18.7. The van der Waals surface area contributed by atoms with Crippen LogP contribution in [0.15, 0.2) is 36.5 Å². The van der Waals surface area contributed by atoms with Gasteiger partial charge in [-0.1, -0.05) is 18.2 Å². The van der Waals surface area contributed by atoms with Crippen molar-refractivity contribution in [1.82, 2.24) is 4.98 Å². The second-order valence-corrected chi connectivity index (χ2v) is 4.54. The molecule has 3 rings (SSSR count). The lowest BCUT2D eigenvalue weighted by Gasteiger charge is -2.08. The maximum atomic E-state index is 13.3. The SMILES string of the molecule is Fc1ncccc1OCc1ccc2c(c1)CCC2. The topological polar surface area (TPSA) is 22.1 Å². The molecule has 0 N–H and O–H groups in total. The van der Waals surface area contributed by atoms with Crippen molar-refractivity contribution in [3.8, 4) is 5.75 Å². The molecular weight excluding hydrogens is 229 g/mol. The van der Waals surface area contributed by atoms with Crippen LogP contribution >= 0.6 is 0 Å². The predicted octanol–water partition coefficient (Wildman–Crippen LogP) is 3.29. The molecule has 2 aromatic rings. The lowest BCUT2D eigenvalue weighted by molar-refractivity contribution is 0.286. The first-order chi connectivity index (χ1) is 8.83. The summed E-state index contributed by atoms with van der Waals surface area (Å²) in [6, 6.07) is 9.63. The number of hydrogen-bond acceptors (Lipinski definition) is 2. The molecule has 0 aliphatic heterocycles. The van der Waals surface area contributed by atoms with Gasteiger partial charge in [-0.2, -0.15) is 4.39 Å². The largest absolute Gasteiger partial charge is 0.484 e. The second kappa shape index (κ2) is 4.77. The molecule has 0 unspecified atom stereocenters. The lowest BCUT2D eigenvalue weighted by atomic mass is 10.1. The highest BCUT2D eigenvalue weighted by Crippen LogP contribution is 2.23. The van der Waals surface area contributed by atoms with Gasteiger partial charge in [0.1, 0.15) is 6.61 Å². The Morgan fingerprint density at radius 1 is 1.17 bits per heavy atom. The molecule has 0 saturated carbocycles. The molecule has 1 heterocycles. The van der Waals surface area contributed by atoms with Gasteiger partial charge in [-0.3, -0.25) is 0 Å². The van der Waals surface area contributed by atoms with E-state index in [2.05, 4.69) is 23.2 Å². The van der Waals surface area contributed by atoms with Gasteiger partial charge in [-0.15, -0.1) is 0 Å². The zero-order chi connectivity index (χ0) is 12.4. The van der Waals surface area contributed by atoms with Crippen molar-refractivity contribution >= 4 is 0 Å². The highest BCUT2D eigenvalue weighted by molar-refractivity contribution is 5.35. The number of nitrogens with zero attached hydrogens (tertiary/aromatic N) is 1. The number of rotatable bonds is 3. The normalized spacial score (nSPS) is 13.4. The van der Waals surface area contributed by atoms with Gasteiger partial charge in [0, 0.05) is 6.20 Å². The highest BCUT2D eigenvalue weighted by atomic mass is 19.1. The van der Waals surface area contributed by atoms with Crippen molar-refractivity contribution in [2.45, 2.75) is 25.9 Å². The van der Waals surface area contributed by atoms with E-state index in [0.717, 1.165) is 12.0 Å². The number of ether oxygens (including phenoxy) is 1. The molecule has 0 radical (unpaired) electrons. The van der Waals surface area contributed by atoms with E-state index in [1.165, 1.54) is 30.2 Å². The van der Waals surface area contributed by atoms with Crippen LogP contribution in [-0.4, -0.2) is 4.98 Å². The van der Waals surface area contributed by atoms with E-state index in [1.54, 1.807) is 12.1 Å². The van der Waals surface area contributed by atoms with Gasteiger partial charge in [0.05, 0.1) is 0 Å². The van der Waals surface area contributed by atoms with Crippen molar-refractivity contribution in [2.24, 2.45) is 0 Å². The Hall–Kier alpha value is -1.90. The molecule has 3 heteroatoms. The van der Waals surface area contributed by atoms with Crippen LogP contribution in [-0.2, 0) is 19.4 Å². The van der Waals surface area contributed by atoms with Crippen molar-refractivity contribution in [3.63, 3.8) is 0 Å². The van der Waals surface area contributed by atoms with Crippen molar-refractivity contribution < 1.29 is 9.13 Å². The third-order valence-corrected chi connectivity index (χ3v) is 3.28. The number of benzene rings is 1. The first kappa shape index (κ1) is 11.2. The Labute approximate surface area is 105 Å². The number of aryl methyl sites for hydroxylation is 2. The van der Waals surface area contributed by atoms with E-state index in [9.17, 15) is 4.39 Å². The van der Waals surface area contributed by atoms with E-state index in [1.807, 2.05) is 0 Å². The fourth-order valence-electron chi connectivity index (χ4n) is 2.35. The van der Waals surface area contributed by atoms with Crippen LogP contribution in [0.25, 0.3) is 0 Å². The fourth-order valence-corrected chi connectivity index (χ4v) is 2.35. The summed E-state index contributed by atoms with van der Waals surface area (Å²) in [4.78, 5) is 3.56. The smallest absolute Gasteiger partial charge is 0.255 e. The predicted molar refractivity (Wildman–Crippen MR) is 67.0 cm³/mol. The molecule has 18 heavy (non-hydrogen) atoms. The van der Waals surface area contributed by atoms with Crippen LogP contribution in [0.1, 0.15) is 23.1 Å². The summed E-state index contributed by atoms with van der Waals surface area (Å²) in [7, 11) is 0. The quantitative estimate of drug-likeness (QED) is 0.772. The molecule has 1 aliphatic rings. The summed E-state index contributed by atoms with van der Waals surface area (Å²) in [6.45, 7) is 0.385. The van der Waals surface area contributed by atoms with Crippen LogP contribution in [0.3, 0.4) is 0 Å². The van der Waals surface area contributed by atoms with Gasteiger partial charge in [-0.25, -0.2) is 4.98 Å². The molecule has 2 nitrogen and oxygen atoms in total. The standard InChI is InChI=1S/C15H14FNO/c16-15-14(5-2-8-17-15)18-10-11-6-7-12-3-1-4-13(12)9-11/h2,5-9H,1,3-4,10H2. The Balaban J connectivity index is 1.72. The van der Waals surface area contributed by atoms with E-state index >= 15 is 0 Å². The Kier molecular flexibility index (Phi) is 2.97. The van der Waals surface area contributed by atoms with Crippen LogP contribution in [0.5, 0.6) is 5.75 Å². The number of pyridine rings is 1. The maximum absolute atomic E-state index is 13.3. The zero-order valence-electron chi connectivity index (χ0n) is 10.0. The average Bonchev–Trinajstić information content (AvgIpc) is 2.85. The zero-order valence-corrected chi connectivity index (χ0v) is 10.0. The number of halogens is 1. The second-order valence-electron chi connectivity index (χ2n) is 4.54. The average molecular weight is 243 g/mol. The van der Waals surface area contributed by atoms with E-state index in [0.29, 0.717) is 6.61 Å². The van der Waals surface area contributed by atoms with Crippen LogP contribution in [0.2, 0.25) is 0 Å². The van der Waals surface area contributed by atoms with Gasteiger partial charge in [0.15, 0.2) is 5.75 Å². The fraction of sp³-hybridized carbons (Fsp3) is 0.267. The number of fused-ring (bicyclic) bond motifs is 1. The molecular formula is C15H14FNO. The molecule has 0 saturated heterocycles. The molecule has 0 amide bonds. The molecule has 92 valence electrons. The first-order valence-electron chi connectivity index (χ1n) is 6.17. The van der Waals surface area contributed by atoms with Gasteiger partial charge >= 0.3 is 0 Å². The third kappa shape index (κ3) is 2.21. The van der Waals surface area contributed by atoms with Gasteiger partial charge in [-0.05, 0) is 48.1 Å². The van der Waals surface area contributed by atoms with Crippen molar-refractivity contribution in [3.05, 3.63) is 59.2 Å². The molecule has 0 atom stereocenters. The number of aromatic nitrogens is 1. The summed E-state index contributed by atoms with van der Waals surface area (Å²) >= 11 is 0. The van der Waals surface area contributed by atoms with Crippen LogP contribution < -0.4 is 4.74 Å². The molecule has 0 bridgehead atoms. The van der Waals surface area contributed by atoms with Gasteiger partial charge in [0.25, 0.3) is 5.95 Å². The van der Waals surface area contributed by atoms with Gasteiger partial charge in [0.2, 0.25) is 0 Å². The third-order valence-electron chi connectivity index (χ3n) is 3.28. The molecule has 0 fully saturated rings. The molecule has 1 aliphatic carbocycles. The summed E-state index contributed by atoms with van der Waals surface area (Å²) in [5, 5.41) is 0. The lowest BCUT2D eigenvalue weighted by Crippen LogP contribution is -1.99. The van der Waals surface area contributed by atoms with Crippen molar-refractivity contribution in [2.75, 3.05) is 0 Å². The van der Waals surface area contributed by atoms with Gasteiger partial charge < -0.3 is 4.74 Å². The summed E-state index contributed by atoms with van der Waals surface area (Å²) in [5.74, 6) is -0.350. The summed E-state index contributed by atoms with van der Waals surface area (Å²) in [6.07, 6.45) is 4.96. The van der Waals surface area contributed by atoms with Crippen molar-refractivity contribution in [1.29, 1.82) is 0 Å². The van der Waals surface area contributed by atoms with Crippen LogP contribution in [0.4, 0.5) is 4.39 Å². The number of hydrogen-bond donors (Lipinski definition) is 0. The minimum Gasteiger partial charge on any atom is -0.484 e. The molecule has 1 aromatic carbocycles.